The van der Waals surface area contributed by atoms with Crippen LogP contribution in [0.25, 0.3) is 11.2 Å². The van der Waals surface area contributed by atoms with Gasteiger partial charge in [-0.2, -0.15) is 0 Å². The third kappa shape index (κ3) is 1.10. The van der Waals surface area contributed by atoms with Crippen molar-refractivity contribution in [2.75, 3.05) is 0 Å². The molecule has 5 heteroatoms. The van der Waals surface area contributed by atoms with Gasteiger partial charge in [0.1, 0.15) is 12.1 Å². The van der Waals surface area contributed by atoms with Gasteiger partial charge in [0.15, 0.2) is 11.5 Å². The summed E-state index contributed by atoms with van der Waals surface area (Å²) >= 11 is 0. The van der Waals surface area contributed by atoms with E-state index in [9.17, 15) is 5.11 Å². The van der Waals surface area contributed by atoms with Gasteiger partial charge in [0.2, 0.25) is 0 Å². The fourth-order valence-electron chi connectivity index (χ4n) is 0.875. The van der Waals surface area contributed by atoms with E-state index in [1.807, 2.05) is 0 Å². The van der Waals surface area contributed by atoms with E-state index in [4.69, 9.17) is 0 Å². The summed E-state index contributed by atoms with van der Waals surface area (Å²) in [5, 5.41) is 10.4. The second kappa shape index (κ2) is 2.78. The van der Waals surface area contributed by atoms with Crippen LogP contribution in [0.4, 0.5) is 0 Å². The van der Waals surface area contributed by atoms with Gasteiger partial charge in [-0.15, -0.1) is 0 Å². The molecule has 2 aromatic heterocycles. The predicted octanol–water partition coefficient (Wildman–Crippen LogP) is 0.350. The fraction of sp³-hybridized carbons (Fsp3) is 0.143. The van der Waals surface area contributed by atoms with Crippen LogP contribution in [-0.4, -0.2) is 19.9 Å². The summed E-state index contributed by atoms with van der Waals surface area (Å²) in [6.45, 7) is -0.424. The maximum absolute atomic E-state index is 10.4. The van der Waals surface area contributed by atoms with Gasteiger partial charge in [-0.05, 0) is 0 Å². The molecule has 12 heavy (non-hydrogen) atoms. The van der Waals surface area contributed by atoms with Crippen LogP contribution in [0.5, 0.6) is 0 Å². The van der Waals surface area contributed by atoms with E-state index in [1.165, 1.54) is 12.4 Å². The lowest BCUT2D eigenvalue weighted by atomic mass is 10.5. The summed E-state index contributed by atoms with van der Waals surface area (Å²) in [4.78, 5) is 15.6. The van der Waals surface area contributed by atoms with Crippen molar-refractivity contribution in [1.29, 1.82) is 0 Å². The summed E-state index contributed by atoms with van der Waals surface area (Å²) in [7, 11) is 0. The number of rotatable bonds is 1. The molecule has 0 aliphatic carbocycles. The van der Waals surface area contributed by atoms with Crippen LogP contribution in [0.3, 0.4) is 0 Å². The quantitative estimate of drug-likeness (QED) is 0.605. The molecule has 0 aliphatic heterocycles. The first-order valence-electron chi connectivity index (χ1n) is 3.41. The second-order valence-electron chi connectivity index (χ2n) is 2.20. The maximum Gasteiger partial charge on any atom is 0.181 e. The Morgan fingerprint density at radius 3 is 2.83 bits per heavy atom. The van der Waals surface area contributed by atoms with Crippen molar-refractivity contribution in [3.8, 4) is 0 Å². The zero-order chi connectivity index (χ0) is 8.39. The van der Waals surface area contributed by atoms with E-state index in [0.717, 1.165) is 0 Å². The lowest BCUT2D eigenvalue weighted by molar-refractivity contribution is 0.170. The van der Waals surface area contributed by atoms with Crippen LogP contribution in [0, 0.1) is 0 Å². The minimum Gasteiger partial charge on any atom is -0.250 e. The van der Waals surface area contributed by atoms with Crippen LogP contribution in [0.2, 0.25) is 0 Å². The molecule has 0 saturated carbocycles. The number of hydrogen-bond donors (Lipinski definition) is 0. The van der Waals surface area contributed by atoms with Gasteiger partial charge in [0, 0.05) is 12.4 Å². The van der Waals surface area contributed by atoms with Crippen LogP contribution in [-0.2, 0) is 11.7 Å². The SMILES string of the molecule is [O]Cc1ncc2nccnc2n1. The Morgan fingerprint density at radius 2 is 2.00 bits per heavy atom. The molecule has 2 heterocycles. The molecule has 0 fully saturated rings. The molecule has 0 unspecified atom stereocenters. The number of aromatic nitrogens is 4. The molecule has 0 bridgehead atoms. The Bertz CT molecular complexity index is 403. The van der Waals surface area contributed by atoms with E-state index in [1.54, 1.807) is 6.20 Å². The Kier molecular flexibility index (Phi) is 1.64. The minimum absolute atomic E-state index is 0.253. The molecular formula is C7H5N4O. The molecule has 0 atom stereocenters. The highest BCUT2D eigenvalue weighted by Gasteiger charge is 1.99. The molecule has 0 aromatic carbocycles. The fourth-order valence-corrected chi connectivity index (χ4v) is 0.875. The number of hydrogen-bond acceptors (Lipinski definition) is 4. The van der Waals surface area contributed by atoms with Crippen LogP contribution >= 0.6 is 0 Å². The topological polar surface area (TPSA) is 71.5 Å². The first-order chi connectivity index (χ1) is 5.90. The van der Waals surface area contributed by atoms with Gasteiger partial charge in [-0.1, -0.05) is 0 Å². The van der Waals surface area contributed by atoms with Gasteiger partial charge in [0.05, 0.1) is 6.20 Å². The molecule has 1 radical (unpaired) electrons. The normalized spacial score (nSPS) is 10.4. The Morgan fingerprint density at radius 1 is 1.17 bits per heavy atom. The molecule has 0 saturated heterocycles. The van der Waals surface area contributed by atoms with Gasteiger partial charge in [-0.3, -0.25) is 0 Å². The van der Waals surface area contributed by atoms with Crippen molar-refractivity contribution < 1.29 is 5.11 Å². The van der Waals surface area contributed by atoms with Crippen LogP contribution in [0.1, 0.15) is 5.82 Å². The van der Waals surface area contributed by atoms with Gasteiger partial charge in [-0.25, -0.2) is 25.0 Å². The lowest BCUT2D eigenvalue weighted by Crippen LogP contribution is -1.95. The minimum atomic E-state index is -0.424. The summed E-state index contributed by atoms with van der Waals surface area (Å²) in [5.41, 5.74) is 1.08. The maximum atomic E-state index is 10.4. The van der Waals surface area contributed by atoms with Gasteiger partial charge >= 0.3 is 0 Å². The molecule has 0 N–H and O–H groups in total. The Hall–Kier alpha value is -1.62. The highest BCUT2D eigenvalue weighted by Crippen LogP contribution is 2.02. The standard InChI is InChI=1S/C7H5N4O/c12-4-6-10-3-5-7(11-6)9-2-1-8-5/h1-3H,4H2. The molecule has 2 aromatic rings. The van der Waals surface area contributed by atoms with Crippen molar-refractivity contribution in [3.05, 3.63) is 24.4 Å². The van der Waals surface area contributed by atoms with Crippen molar-refractivity contribution in [2.24, 2.45) is 0 Å². The average Bonchev–Trinajstić information content (AvgIpc) is 2.17. The van der Waals surface area contributed by atoms with E-state index >= 15 is 0 Å². The zero-order valence-corrected chi connectivity index (χ0v) is 6.14. The van der Waals surface area contributed by atoms with Crippen LogP contribution in [0.15, 0.2) is 18.6 Å². The Balaban J connectivity index is 2.67. The monoisotopic (exact) mass is 161 g/mol. The smallest absolute Gasteiger partial charge is 0.181 e. The first-order valence-corrected chi connectivity index (χ1v) is 3.41. The van der Waals surface area contributed by atoms with E-state index in [0.29, 0.717) is 11.2 Å². The molecule has 0 spiro atoms. The van der Waals surface area contributed by atoms with Crippen molar-refractivity contribution in [1.82, 2.24) is 19.9 Å². The molecule has 2 rings (SSSR count). The third-order valence-electron chi connectivity index (χ3n) is 1.41. The zero-order valence-electron chi connectivity index (χ0n) is 6.14. The third-order valence-corrected chi connectivity index (χ3v) is 1.41. The van der Waals surface area contributed by atoms with Gasteiger partial charge < -0.3 is 0 Å². The molecule has 59 valence electrons. The largest absolute Gasteiger partial charge is 0.250 e. The number of fused-ring (bicyclic) bond motifs is 1. The van der Waals surface area contributed by atoms with Crippen LogP contribution < -0.4 is 0 Å². The van der Waals surface area contributed by atoms with E-state index < -0.39 is 6.61 Å². The summed E-state index contributed by atoms with van der Waals surface area (Å²) in [5.74, 6) is 0.253. The molecule has 5 nitrogen and oxygen atoms in total. The van der Waals surface area contributed by atoms with Gasteiger partial charge in [0.25, 0.3) is 0 Å². The number of nitrogens with zero attached hydrogens (tertiary/aromatic N) is 4. The van der Waals surface area contributed by atoms with Crippen molar-refractivity contribution in [3.63, 3.8) is 0 Å². The molecular weight excluding hydrogens is 156 g/mol. The van der Waals surface area contributed by atoms with E-state index in [-0.39, 0.29) is 5.82 Å². The van der Waals surface area contributed by atoms with E-state index in [2.05, 4.69) is 19.9 Å². The average molecular weight is 161 g/mol. The second-order valence-corrected chi connectivity index (χ2v) is 2.20. The first kappa shape index (κ1) is 7.05. The predicted molar refractivity (Wildman–Crippen MR) is 39.5 cm³/mol. The highest BCUT2D eigenvalue weighted by atomic mass is 16.3. The summed E-state index contributed by atoms with van der Waals surface area (Å²) in [6.07, 6.45) is 4.59. The van der Waals surface area contributed by atoms with Crippen molar-refractivity contribution >= 4 is 11.2 Å². The summed E-state index contributed by atoms with van der Waals surface area (Å²) < 4.78 is 0. The summed E-state index contributed by atoms with van der Waals surface area (Å²) in [6, 6.07) is 0. The van der Waals surface area contributed by atoms with Crippen molar-refractivity contribution in [2.45, 2.75) is 6.61 Å². The highest BCUT2D eigenvalue weighted by molar-refractivity contribution is 5.67. The molecule has 0 aliphatic rings. The molecule has 0 amide bonds. The Labute approximate surface area is 68.2 Å². The lowest BCUT2D eigenvalue weighted by Gasteiger charge is -1.94.